The van der Waals surface area contributed by atoms with E-state index in [1.807, 2.05) is 0 Å². The van der Waals surface area contributed by atoms with E-state index < -0.39 is 0 Å². The summed E-state index contributed by atoms with van der Waals surface area (Å²) in [6, 6.07) is 5.57. The Morgan fingerprint density at radius 1 is 1.47 bits per heavy atom. The van der Waals surface area contributed by atoms with Crippen molar-refractivity contribution >= 4 is 29.2 Å². The molecule has 1 aromatic rings. The highest BCUT2D eigenvalue weighted by atomic mass is 35.5. The number of ether oxygens (including phenoxy) is 1. The molecule has 0 aromatic heterocycles. The summed E-state index contributed by atoms with van der Waals surface area (Å²) in [6.45, 7) is 0.559. The Morgan fingerprint density at radius 2 is 2.12 bits per heavy atom. The average Bonchev–Trinajstić information content (AvgIpc) is 2.60. The fourth-order valence-electron chi connectivity index (χ4n) is 1.70. The first kappa shape index (κ1) is 12.0. The molecule has 4 nitrogen and oxygen atoms in total. The standard InChI is InChI=1S/C11H9Cl2N3O/c1-16-5-9(17-11(16)15-6-14)10-7(12)3-2-4-8(10)13/h2-4,9H,5H2,1H3. The Bertz CT molecular complexity index is 490. The highest BCUT2D eigenvalue weighted by Gasteiger charge is 2.31. The lowest BCUT2D eigenvalue weighted by atomic mass is 10.1. The SMILES string of the molecule is CN1CC(c2c(Cl)cccc2Cl)OC1=NC#N. The Hall–Kier alpha value is -1.44. The summed E-state index contributed by atoms with van der Waals surface area (Å²) in [5.74, 6) is 0. The molecule has 1 fully saturated rings. The maximum Gasteiger partial charge on any atom is 0.303 e. The molecular weight excluding hydrogens is 261 g/mol. The van der Waals surface area contributed by atoms with E-state index in [0.29, 0.717) is 16.6 Å². The normalized spacial score (nSPS) is 21.4. The largest absolute Gasteiger partial charge is 0.454 e. The van der Waals surface area contributed by atoms with Crippen molar-refractivity contribution in [1.82, 2.24) is 4.90 Å². The summed E-state index contributed by atoms with van der Waals surface area (Å²) in [5.41, 5.74) is 0.728. The summed E-state index contributed by atoms with van der Waals surface area (Å²) < 4.78 is 5.55. The van der Waals surface area contributed by atoms with Crippen LogP contribution in [0.5, 0.6) is 0 Å². The topological polar surface area (TPSA) is 48.6 Å². The van der Waals surface area contributed by atoms with Crippen LogP contribution in [0.4, 0.5) is 0 Å². The molecule has 0 saturated carbocycles. The predicted molar refractivity (Wildman–Crippen MR) is 66.0 cm³/mol. The fraction of sp³-hybridized carbons (Fsp3) is 0.273. The lowest BCUT2D eigenvalue weighted by molar-refractivity contribution is 0.236. The van der Waals surface area contributed by atoms with Gasteiger partial charge in [0.05, 0.1) is 6.54 Å². The molecule has 1 aliphatic heterocycles. The minimum atomic E-state index is -0.298. The molecule has 0 bridgehead atoms. The molecular formula is C11H9Cl2N3O. The Balaban J connectivity index is 2.33. The third-order valence-electron chi connectivity index (χ3n) is 2.48. The molecule has 88 valence electrons. The van der Waals surface area contributed by atoms with Crippen LogP contribution >= 0.6 is 23.2 Å². The third kappa shape index (κ3) is 2.31. The molecule has 0 N–H and O–H groups in total. The van der Waals surface area contributed by atoms with Gasteiger partial charge in [-0.1, -0.05) is 29.3 Å². The van der Waals surface area contributed by atoms with Gasteiger partial charge in [-0.25, -0.2) is 0 Å². The van der Waals surface area contributed by atoms with Crippen molar-refractivity contribution in [1.29, 1.82) is 5.26 Å². The smallest absolute Gasteiger partial charge is 0.303 e. The van der Waals surface area contributed by atoms with Crippen molar-refractivity contribution in [2.75, 3.05) is 13.6 Å². The van der Waals surface area contributed by atoms with Gasteiger partial charge in [0.25, 0.3) is 0 Å². The van der Waals surface area contributed by atoms with Crippen LogP contribution in [0.25, 0.3) is 0 Å². The van der Waals surface area contributed by atoms with E-state index in [0.717, 1.165) is 5.56 Å². The quantitative estimate of drug-likeness (QED) is 0.737. The van der Waals surface area contributed by atoms with Gasteiger partial charge in [-0.15, -0.1) is 4.99 Å². The number of benzene rings is 1. The van der Waals surface area contributed by atoms with Crippen molar-refractivity contribution in [2.45, 2.75) is 6.10 Å². The minimum Gasteiger partial charge on any atom is -0.454 e. The first-order valence-corrected chi connectivity index (χ1v) is 5.67. The van der Waals surface area contributed by atoms with Gasteiger partial charge in [-0.2, -0.15) is 5.26 Å². The minimum absolute atomic E-state index is 0.286. The maximum absolute atomic E-state index is 8.51. The molecule has 0 spiro atoms. The van der Waals surface area contributed by atoms with Gasteiger partial charge >= 0.3 is 6.02 Å². The number of aliphatic imine (C=N–C) groups is 1. The zero-order valence-corrected chi connectivity index (χ0v) is 10.5. The zero-order valence-electron chi connectivity index (χ0n) is 9.02. The number of hydrogen-bond acceptors (Lipinski definition) is 3. The van der Waals surface area contributed by atoms with Crippen LogP contribution in [-0.4, -0.2) is 24.5 Å². The van der Waals surface area contributed by atoms with Crippen LogP contribution in [0.3, 0.4) is 0 Å². The van der Waals surface area contributed by atoms with Gasteiger partial charge in [-0.05, 0) is 12.1 Å². The van der Waals surface area contributed by atoms with Crippen molar-refractivity contribution in [3.63, 3.8) is 0 Å². The first-order valence-electron chi connectivity index (χ1n) is 4.92. The van der Waals surface area contributed by atoms with Gasteiger partial charge in [-0.3, -0.25) is 0 Å². The second kappa shape index (κ2) is 4.82. The van der Waals surface area contributed by atoms with E-state index >= 15 is 0 Å². The van der Waals surface area contributed by atoms with Gasteiger partial charge in [0.2, 0.25) is 6.19 Å². The number of nitriles is 1. The van der Waals surface area contributed by atoms with E-state index in [-0.39, 0.29) is 12.1 Å². The van der Waals surface area contributed by atoms with E-state index in [4.69, 9.17) is 33.2 Å². The van der Waals surface area contributed by atoms with E-state index in [1.54, 1.807) is 36.3 Å². The van der Waals surface area contributed by atoms with Crippen LogP contribution in [0.15, 0.2) is 23.2 Å². The van der Waals surface area contributed by atoms with Crippen LogP contribution in [0, 0.1) is 11.5 Å². The molecule has 1 atom stereocenters. The van der Waals surface area contributed by atoms with E-state index in [2.05, 4.69) is 4.99 Å². The van der Waals surface area contributed by atoms with Gasteiger partial charge in [0.15, 0.2) is 0 Å². The number of hydrogen-bond donors (Lipinski definition) is 0. The highest BCUT2D eigenvalue weighted by Crippen LogP contribution is 2.35. The molecule has 2 rings (SSSR count). The first-order chi connectivity index (χ1) is 8.13. The number of rotatable bonds is 1. The monoisotopic (exact) mass is 269 g/mol. The summed E-state index contributed by atoms with van der Waals surface area (Å²) in [7, 11) is 1.79. The number of halogens is 2. The molecule has 6 heteroatoms. The Kier molecular flexibility index (Phi) is 3.41. The van der Waals surface area contributed by atoms with Crippen molar-refractivity contribution in [3.8, 4) is 6.19 Å². The molecule has 1 heterocycles. The third-order valence-corrected chi connectivity index (χ3v) is 3.14. The van der Waals surface area contributed by atoms with Crippen LogP contribution < -0.4 is 0 Å². The predicted octanol–water partition coefficient (Wildman–Crippen LogP) is 2.83. The van der Waals surface area contributed by atoms with E-state index in [1.165, 1.54) is 0 Å². The molecule has 0 amide bonds. The second-order valence-electron chi connectivity index (χ2n) is 3.62. The lowest BCUT2D eigenvalue weighted by Gasteiger charge is -2.12. The number of nitrogens with zero attached hydrogens (tertiary/aromatic N) is 3. The van der Waals surface area contributed by atoms with Gasteiger partial charge < -0.3 is 9.64 Å². The van der Waals surface area contributed by atoms with Gasteiger partial charge in [0.1, 0.15) is 6.10 Å². The van der Waals surface area contributed by atoms with Crippen LogP contribution in [-0.2, 0) is 4.74 Å². The summed E-state index contributed by atoms with van der Waals surface area (Å²) in [6.07, 6.45) is 1.40. The highest BCUT2D eigenvalue weighted by molar-refractivity contribution is 6.36. The number of likely N-dealkylation sites (N-methyl/N-ethyl adjacent to an activating group) is 1. The van der Waals surface area contributed by atoms with Crippen LogP contribution in [0.2, 0.25) is 10.0 Å². The Labute approximate surface area is 109 Å². The maximum atomic E-state index is 8.51. The summed E-state index contributed by atoms with van der Waals surface area (Å²) in [5, 5.41) is 9.61. The van der Waals surface area contributed by atoms with Crippen molar-refractivity contribution in [3.05, 3.63) is 33.8 Å². The lowest BCUT2D eigenvalue weighted by Crippen LogP contribution is -2.19. The summed E-state index contributed by atoms with van der Waals surface area (Å²) >= 11 is 12.2. The molecule has 1 unspecified atom stereocenters. The fourth-order valence-corrected chi connectivity index (χ4v) is 2.35. The van der Waals surface area contributed by atoms with Gasteiger partial charge in [0, 0.05) is 22.7 Å². The molecule has 17 heavy (non-hydrogen) atoms. The van der Waals surface area contributed by atoms with Crippen molar-refractivity contribution < 1.29 is 4.74 Å². The molecule has 1 aliphatic rings. The molecule has 0 radical (unpaired) electrons. The zero-order chi connectivity index (χ0) is 12.4. The summed E-state index contributed by atoms with van der Waals surface area (Å²) in [4.78, 5) is 5.32. The van der Waals surface area contributed by atoms with Crippen LogP contribution in [0.1, 0.15) is 11.7 Å². The number of amidine groups is 1. The van der Waals surface area contributed by atoms with E-state index in [9.17, 15) is 0 Å². The average molecular weight is 270 g/mol. The van der Waals surface area contributed by atoms with Crippen molar-refractivity contribution in [2.24, 2.45) is 4.99 Å². The molecule has 1 saturated heterocycles. The second-order valence-corrected chi connectivity index (χ2v) is 4.43. The Morgan fingerprint density at radius 3 is 2.71 bits per heavy atom. The molecule has 1 aromatic carbocycles. The molecule has 0 aliphatic carbocycles.